The summed E-state index contributed by atoms with van der Waals surface area (Å²) in [6.45, 7) is 7.65. The number of rotatable bonds is 6. The van der Waals surface area contributed by atoms with Gasteiger partial charge in [-0.15, -0.1) is 0 Å². The first-order valence-corrected chi connectivity index (χ1v) is 5.46. The Bertz CT molecular complexity index is 216. The molecule has 0 aromatic heterocycles. The van der Waals surface area contributed by atoms with E-state index < -0.39 is 6.04 Å². The average Bonchev–Trinajstić information content (AvgIpc) is 2.21. The van der Waals surface area contributed by atoms with Gasteiger partial charge in [-0.2, -0.15) is 0 Å². The lowest BCUT2D eigenvalue weighted by Gasteiger charge is -2.21. The van der Waals surface area contributed by atoms with Gasteiger partial charge in [0, 0.05) is 6.92 Å². The average molecular weight is 215 g/mol. The maximum absolute atomic E-state index is 11.6. The lowest BCUT2D eigenvalue weighted by atomic mass is 9.99. The number of hydrogen-bond donors (Lipinski definition) is 1. The molecule has 4 nitrogen and oxygen atoms in total. The van der Waals surface area contributed by atoms with Crippen LogP contribution >= 0.6 is 0 Å². The van der Waals surface area contributed by atoms with Gasteiger partial charge in [0.1, 0.15) is 6.04 Å². The van der Waals surface area contributed by atoms with Crippen molar-refractivity contribution in [2.45, 2.75) is 46.6 Å². The van der Waals surface area contributed by atoms with Crippen molar-refractivity contribution in [3.63, 3.8) is 0 Å². The molecule has 0 unspecified atom stereocenters. The molecule has 0 aromatic carbocycles. The van der Waals surface area contributed by atoms with Gasteiger partial charge in [0.15, 0.2) is 0 Å². The number of nitrogens with one attached hydrogen (secondary N) is 1. The van der Waals surface area contributed by atoms with Gasteiger partial charge in [-0.25, -0.2) is 4.79 Å². The molecule has 0 aliphatic carbocycles. The number of hydrogen-bond acceptors (Lipinski definition) is 3. The van der Waals surface area contributed by atoms with Gasteiger partial charge in [-0.05, 0) is 12.3 Å². The fourth-order valence-electron chi connectivity index (χ4n) is 1.18. The van der Waals surface area contributed by atoms with E-state index in [9.17, 15) is 9.59 Å². The molecular formula is C11H21NO3. The van der Waals surface area contributed by atoms with Crippen LogP contribution in [0.4, 0.5) is 0 Å². The van der Waals surface area contributed by atoms with E-state index in [0.717, 1.165) is 12.8 Å². The van der Waals surface area contributed by atoms with E-state index in [1.807, 2.05) is 20.8 Å². The van der Waals surface area contributed by atoms with Crippen LogP contribution in [0.25, 0.3) is 0 Å². The van der Waals surface area contributed by atoms with Crippen LogP contribution in [0.1, 0.15) is 40.5 Å². The van der Waals surface area contributed by atoms with Crippen LogP contribution < -0.4 is 5.32 Å². The van der Waals surface area contributed by atoms with Crippen LogP contribution in [-0.4, -0.2) is 24.5 Å². The zero-order valence-corrected chi connectivity index (χ0v) is 10.0. The first-order chi connectivity index (χ1) is 7.02. The monoisotopic (exact) mass is 215 g/mol. The fourth-order valence-corrected chi connectivity index (χ4v) is 1.18. The maximum atomic E-state index is 11.6. The standard InChI is InChI=1S/C11H21NO3/c1-5-7-15-11(14)10(8(3)6-2)12-9(4)13/h8,10H,5-7H2,1-4H3,(H,12,13)/t8-,10-/m0/s1. The summed E-state index contributed by atoms with van der Waals surface area (Å²) >= 11 is 0. The number of carbonyl (C=O) groups excluding carboxylic acids is 2. The number of ether oxygens (including phenoxy) is 1. The minimum absolute atomic E-state index is 0.0956. The van der Waals surface area contributed by atoms with E-state index in [1.54, 1.807) is 0 Å². The Kier molecular flexibility index (Phi) is 6.75. The van der Waals surface area contributed by atoms with Crippen LogP contribution in [0.2, 0.25) is 0 Å². The highest BCUT2D eigenvalue weighted by Gasteiger charge is 2.25. The van der Waals surface area contributed by atoms with Gasteiger partial charge in [0.2, 0.25) is 5.91 Å². The molecule has 0 aromatic rings. The summed E-state index contributed by atoms with van der Waals surface area (Å²) in [5.74, 6) is -0.437. The van der Waals surface area contributed by atoms with Crippen LogP contribution in [0.5, 0.6) is 0 Å². The quantitative estimate of drug-likeness (QED) is 0.683. The van der Waals surface area contributed by atoms with E-state index in [2.05, 4.69) is 5.32 Å². The summed E-state index contributed by atoms with van der Waals surface area (Å²) in [7, 11) is 0. The molecule has 0 aliphatic rings. The van der Waals surface area contributed by atoms with Crippen molar-refractivity contribution >= 4 is 11.9 Å². The van der Waals surface area contributed by atoms with Gasteiger partial charge in [0.05, 0.1) is 6.61 Å². The Hall–Kier alpha value is -1.06. The molecule has 4 heteroatoms. The van der Waals surface area contributed by atoms with Crippen LogP contribution in [0.3, 0.4) is 0 Å². The second-order valence-electron chi connectivity index (χ2n) is 3.73. The third kappa shape index (κ3) is 5.40. The van der Waals surface area contributed by atoms with E-state index in [0.29, 0.717) is 6.61 Å². The second-order valence-corrected chi connectivity index (χ2v) is 3.73. The van der Waals surface area contributed by atoms with E-state index in [4.69, 9.17) is 4.74 Å². The molecule has 0 saturated heterocycles. The van der Waals surface area contributed by atoms with Crippen molar-refractivity contribution in [2.24, 2.45) is 5.92 Å². The number of esters is 1. The maximum Gasteiger partial charge on any atom is 0.328 e. The van der Waals surface area contributed by atoms with Gasteiger partial charge >= 0.3 is 5.97 Å². The van der Waals surface area contributed by atoms with Crippen molar-refractivity contribution in [1.82, 2.24) is 5.32 Å². The minimum Gasteiger partial charge on any atom is -0.464 e. The minimum atomic E-state index is -0.515. The molecule has 15 heavy (non-hydrogen) atoms. The molecule has 0 bridgehead atoms. The summed E-state index contributed by atoms with van der Waals surface area (Å²) in [5, 5.41) is 2.63. The van der Waals surface area contributed by atoms with Gasteiger partial charge in [-0.3, -0.25) is 4.79 Å². The zero-order chi connectivity index (χ0) is 11.8. The molecule has 2 atom stereocenters. The highest BCUT2D eigenvalue weighted by atomic mass is 16.5. The summed E-state index contributed by atoms with van der Waals surface area (Å²) in [6, 6.07) is -0.515. The molecule has 0 saturated carbocycles. The topological polar surface area (TPSA) is 55.4 Å². The molecule has 88 valence electrons. The van der Waals surface area contributed by atoms with E-state index in [-0.39, 0.29) is 17.8 Å². The Balaban J connectivity index is 4.33. The van der Waals surface area contributed by atoms with Crippen LogP contribution in [0, 0.1) is 5.92 Å². The summed E-state index contributed by atoms with van der Waals surface area (Å²) in [5.41, 5.74) is 0. The van der Waals surface area contributed by atoms with Crippen molar-refractivity contribution in [3.05, 3.63) is 0 Å². The predicted octanol–water partition coefficient (Wildman–Crippen LogP) is 1.49. The Morgan fingerprint density at radius 2 is 1.93 bits per heavy atom. The fraction of sp³-hybridized carbons (Fsp3) is 0.818. The highest BCUT2D eigenvalue weighted by molar-refractivity contribution is 5.83. The zero-order valence-electron chi connectivity index (χ0n) is 10.0. The first-order valence-electron chi connectivity index (χ1n) is 5.46. The lowest BCUT2D eigenvalue weighted by Crippen LogP contribution is -2.45. The molecule has 0 aliphatic heterocycles. The van der Waals surface area contributed by atoms with Crippen LogP contribution in [0.15, 0.2) is 0 Å². The third-order valence-electron chi connectivity index (χ3n) is 2.27. The van der Waals surface area contributed by atoms with Gasteiger partial charge in [0.25, 0.3) is 0 Å². The van der Waals surface area contributed by atoms with Crippen molar-refractivity contribution in [1.29, 1.82) is 0 Å². The Morgan fingerprint density at radius 1 is 1.33 bits per heavy atom. The van der Waals surface area contributed by atoms with Gasteiger partial charge in [-0.1, -0.05) is 27.2 Å². The summed E-state index contributed by atoms with van der Waals surface area (Å²) in [6.07, 6.45) is 1.62. The summed E-state index contributed by atoms with van der Waals surface area (Å²) in [4.78, 5) is 22.5. The second kappa shape index (κ2) is 7.26. The number of amides is 1. The first kappa shape index (κ1) is 13.9. The molecule has 1 amide bonds. The molecule has 1 N–H and O–H groups in total. The lowest BCUT2D eigenvalue weighted by molar-refractivity contribution is -0.149. The Morgan fingerprint density at radius 3 is 2.33 bits per heavy atom. The van der Waals surface area contributed by atoms with E-state index in [1.165, 1.54) is 6.92 Å². The third-order valence-corrected chi connectivity index (χ3v) is 2.27. The Labute approximate surface area is 91.4 Å². The van der Waals surface area contributed by atoms with E-state index >= 15 is 0 Å². The van der Waals surface area contributed by atoms with Crippen molar-refractivity contribution in [3.8, 4) is 0 Å². The highest BCUT2D eigenvalue weighted by Crippen LogP contribution is 2.09. The molecule has 0 radical (unpaired) electrons. The molecule has 0 fully saturated rings. The largest absolute Gasteiger partial charge is 0.464 e. The molecule has 0 spiro atoms. The summed E-state index contributed by atoms with van der Waals surface area (Å²) < 4.78 is 5.02. The number of carbonyl (C=O) groups is 2. The molecule has 0 heterocycles. The normalized spacial score (nSPS) is 14.1. The molecular weight excluding hydrogens is 194 g/mol. The van der Waals surface area contributed by atoms with Crippen LogP contribution in [-0.2, 0) is 14.3 Å². The SMILES string of the molecule is CCCOC(=O)[C@@H](NC(C)=O)[C@@H](C)CC. The van der Waals surface area contributed by atoms with Crippen molar-refractivity contribution in [2.75, 3.05) is 6.61 Å². The smallest absolute Gasteiger partial charge is 0.328 e. The van der Waals surface area contributed by atoms with Crippen molar-refractivity contribution < 1.29 is 14.3 Å². The molecule has 0 rings (SSSR count). The van der Waals surface area contributed by atoms with Gasteiger partial charge < -0.3 is 10.1 Å². The predicted molar refractivity (Wildman–Crippen MR) is 58.3 cm³/mol.